The van der Waals surface area contributed by atoms with Crippen molar-refractivity contribution in [3.05, 3.63) is 24.3 Å². The molecule has 90 valence electrons. The molecule has 0 amide bonds. The van der Waals surface area contributed by atoms with Gasteiger partial charge in [0.05, 0.1) is 0 Å². The summed E-state index contributed by atoms with van der Waals surface area (Å²) in [7, 11) is 0. The number of anilines is 2. The first kappa shape index (κ1) is 11.4. The predicted octanol–water partition coefficient (Wildman–Crippen LogP) is 2.17. The summed E-state index contributed by atoms with van der Waals surface area (Å²) < 4.78 is 5.16. The summed E-state index contributed by atoms with van der Waals surface area (Å²) in [5.74, 6) is 0.452. The Kier molecular flexibility index (Phi) is 3.27. The Balaban J connectivity index is 2.23. The molecule has 5 nitrogen and oxygen atoms in total. The van der Waals surface area contributed by atoms with Gasteiger partial charge in [0.1, 0.15) is 0 Å². The average molecular weight is 232 g/mol. The zero-order chi connectivity index (χ0) is 12.3. The molecular weight excluding hydrogens is 216 g/mol. The maximum absolute atomic E-state index is 5.39. The van der Waals surface area contributed by atoms with E-state index in [4.69, 9.17) is 10.2 Å². The highest BCUT2D eigenvalue weighted by molar-refractivity contribution is 5.59. The van der Waals surface area contributed by atoms with Crippen LogP contribution in [0.25, 0.3) is 11.5 Å². The molecule has 0 spiro atoms. The first-order chi connectivity index (χ1) is 8.24. The fourth-order valence-electron chi connectivity index (χ4n) is 1.75. The van der Waals surface area contributed by atoms with Crippen molar-refractivity contribution < 1.29 is 4.42 Å². The summed E-state index contributed by atoms with van der Waals surface area (Å²) in [6.45, 7) is 6.25. The largest absolute Gasteiger partial charge is 0.404 e. The van der Waals surface area contributed by atoms with E-state index in [2.05, 4.69) is 28.9 Å². The van der Waals surface area contributed by atoms with E-state index in [1.807, 2.05) is 24.3 Å². The molecule has 0 aliphatic carbocycles. The summed E-state index contributed by atoms with van der Waals surface area (Å²) >= 11 is 0. The van der Waals surface area contributed by atoms with Gasteiger partial charge in [0, 0.05) is 24.3 Å². The van der Waals surface area contributed by atoms with E-state index in [1.54, 1.807) is 0 Å². The molecule has 0 radical (unpaired) electrons. The van der Waals surface area contributed by atoms with Crippen molar-refractivity contribution in [3.8, 4) is 11.5 Å². The van der Waals surface area contributed by atoms with Crippen LogP contribution in [-0.4, -0.2) is 23.3 Å². The van der Waals surface area contributed by atoms with Gasteiger partial charge in [-0.05, 0) is 38.1 Å². The molecule has 0 atom stereocenters. The van der Waals surface area contributed by atoms with Crippen LogP contribution >= 0.6 is 0 Å². The first-order valence-corrected chi connectivity index (χ1v) is 5.69. The minimum Gasteiger partial charge on any atom is -0.404 e. The Hall–Kier alpha value is -2.04. The van der Waals surface area contributed by atoms with Crippen molar-refractivity contribution in [1.82, 2.24) is 10.2 Å². The minimum atomic E-state index is 0.0906. The van der Waals surface area contributed by atoms with Crippen molar-refractivity contribution >= 4 is 11.7 Å². The third kappa shape index (κ3) is 2.38. The van der Waals surface area contributed by atoms with E-state index >= 15 is 0 Å². The number of rotatable bonds is 4. The SMILES string of the molecule is CCN(CC)c1ccc(-c2nnc(N)o2)cc1. The van der Waals surface area contributed by atoms with Crippen molar-refractivity contribution in [2.75, 3.05) is 23.7 Å². The number of benzene rings is 1. The van der Waals surface area contributed by atoms with E-state index in [-0.39, 0.29) is 6.01 Å². The highest BCUT2D eigenvalue weighted by atomic mass is 16.4. The average Bonchev–Trinajstić information content (AvgIpc) is 2.78. The fourth-order valence-corrected chi connectivity index (χ4v) is 1.75. The zero-order valence-electron chi connectivity index (χ0n) is 10.1. The third-order valence-corrected chi connectivity index (χ3v) is 2.68. The fraction of sp³-hybridized carbons (Fsp3) is 0.333. The maximum atomic E-state index is 5.39. The number of nitrogens with zero attached hydrogens (tertiary/aromatic N) is 3. The predicted molar refractivity (Wildman–Crippen MR) is 67.7 cm³/mol. The summed E-state index contributed by atoms with van der Waals surface area (Å²) in [6, 6.07) is 8.10. The third-order valence-electron chi connectivity index (χ3n) is 2.68. The van der Waals surface area contributed by atoms with Gasteiger partial charge in [-0.1, -0.05) is 5.10 Å². The quantitative estimate of drug-likeness (QED) is 0.874. The molecule has 5 heteroatoms. The molecule has 0 saturated carbocycles. The molecule has 0 fully saturated rings. The van der Waals surface area contributed by atoms with Crippen LogP contribution in [0.5, 0.6) is 0 Å². The molecular formula is C12H16N4O. The van der Waals surface area contributed by atoms with Crippen LogP contribution in [-0.2, 0) is 0 Å². The van der Waals surface area contributed by atoms with Crippen molar-refractivity contribution in [3.63, 3.8) is 0 Å². The number of hydrogen-bond acceptors (Lipinski definition) is 5. The maximum Gasteiger partial charge on any atom is 0.313 e. The lowest BCUT2D eigenvalue weighted by Gasteiger charge is -2.20. The number of aromatic nitrogens is 2. The molecule has 2 N–H and O–H groups in total. The van der Waals surface area contributed by atoms with Gasteiger partial charge < -0.3 is 15.1 Å². The molecule has 17 heavy (non-hydrogen) atoms. The second-order valence-corrected chi connectivity index (χ2v) is 3.66. The molecule has 2 rings (SSSR count). The lowest BCUT2D eigenvalue weighted by molar-refractivity contribution is 0.590. The van der Waals surface area contributed by atoms with Crippen LogP contribution in [0.4, 0.5) is 11.7 Å². The van der Waals surface area contributed by atoms with Gasteiger partial charge in [0.25, 0.3) is 0 Å². The number of nitrogens with two attached hydrogens (primary N) is 1. The van der Waals surface area contributed by atoms with E-state index in [0.29, 0.717) is 5.89 Å². The van der Waals surface area contributed by atoms with Crippen LogP contribution in [0, 0.1) is 0 Å². The van der Waals surface area contributed by atoms with Gasteiger partial charge in [0.2, 0.25) is 5.89 Å². The van der Waals surface area contributed by atoms with Gasteiger partial charge in [0.15, 0.2) is 0 Å². The van der Waals surface area contributed by atoms with Crippen LogP contribution in [0.3, 0.4) is 0 Å². The van der Waals surface area contributed by atoms with Gasteiger partial charge in [-0.3, -0.25) is 0 Å². The van der Waals surface area contributed by atoms with Gasteiger partial charge >= 0.3 is 6.01 Å². The summed E-state index contributed by atoms with van der Waals surface area (Å²) in [6.07, 6.45) is 0. The van der Waals surface area contributed by atoms with Gasteiger partial charge in [-0.15, -0.1) is 5.10 Å². The molecule has 0 bridgehead atoms. The van der Waals surface area contributed by atoms with E-state index < -0.39 is 0 Å². The van der Waals surface area contributed by atoms with Crippen molar-refractivity contribution in [1.29, 1.82) is 0 Å². The van der Waals surface area contributed by atoms with Crippen molar-refractivity contribution in [2.45, 2.75) is 13.8 Å². The van der Waals surface area contributed by atoms with E-state index in [0.717, 1.165) is 18.7 Å². The normalized spacial score (nSPS) is 10.5. The smallest absolute Gasteiger partial charge is 0.313 e. The monoisotopic (exact) mass is 232 g/mol. The Bertz CT molecular complexity index is 474. The standard InChI is InChI=1S/C12H16N4O/c1-3-16(4-2)10-7-5-9(6-8-10)11-14-15-12(13)17-11/h5-8H,3-4H2,1-2H3,(H2,13,15). The second kappa shape index (κ2) is 4.86. The van der Waals surface area contributed by atoms with Crippen LogP contribution in [0.15, 0.2) is 28.7 Å². The van der Waals surface area contributed by atoms with Crippen LogP contribution in [0.1, 0.15) is 13.8 Å². The molecule has 0 unspecified atom stereocenters. The Labute approximate surface area is 100 Å². The zero-order valence-corrected chi connectivity index (χ0v) is 10.1. The molecule has 0 saturated heterocycles. The topological polar surface area (TPSA) is 68.2 Å². The second-order valence-electron chi connectivity index (χ2n) is 3.66. The molecule has 1 aromatic carbocycles. The van der Waals surface area contributed by atoms with E-state index in [1.165, 1.54) is 5.69 Å². The van der Waals surface area contributed by atoms with E-state index in [9.17, 15) is 0 Å². The summed E-state index contributed by atoms with van der Waals surface area (Å²) in [5, 5.41) is 7.48. The lowest BCUT2D eigenvalue weighted by atomic mass is 10.2. The van der Waals surface area contributed by atoms with Gasteiger partial charge in [-0.2, -0.15) is 0 Å². The molecule has 2 aromatic rings. The minimum absolute atomic E-state index is 0.0906. The first-order valence-electron chi connectivity index (χ1n) is 5.69. The molecule has 1 heterocycles. The van der Waals surface area contributed by atoms with Crippen LogP contribution in [0.2, 0.25) is 0 Å². The Morgan fingerprint density at radius 2 is 1.76 bits per heavy atom. The molecule has 0 aliphatic heterocycles. The summed E-state index contributed by atoms with van der Waals surface area (Å²) in [4.78, 5) is 2.27. The molecule has 1 aromatic heterocycles. The lowest BCUT2D eigenvalue weighted by Crippen LogP contribution is -2.21. The number of nitrogen functional groups attached to an aromatic ring is 1. The highest BCUT2D eigenvalue weighted by Gasteiger charge is 2.07. The molecule has 0 aliphatic rings. The Morgan fingerprint density at radius 1 is 1.12 bits per heavy atom. The summed E-state index contributed by atoms with van der Waals surface area (Å²) in [5.41, 5.74) is 7.45. The Morgan fingerprint density at radius 3 is 2.24 bits per heavy atom. The van der Waals surface area contributed by atoms with Gasteiger partial charge in [-0.25, -0.2) is 0 Å². The highest BCUT2D eigenvalue weighted by Crippen LogP contribution is 2.22. The van der Waals surface area contributed by atoms with Crippen molar-refractivity contribution in [2.24, 2.45) is 0 Å². The number of hydrogen-bond donors (Lipinski definition) is 1. The van der Waals surface area contributed by atoms with Crippen LogP contribution < -0.4 is 10.6 Å².